The molecule has 0 bridgehead atoms. The molecular weight excluding hydrogens is 400 g/mol. The third-order valence-corrected chi connectivity index (χ3v) is 5.08. The average Bonchev–Trinajstić information content (AvgIpc) is 3.18. The van der Waals surface area contributed by atoms with Crippen LogP contribution in [0.5, 0.6) is 11.5 Å². The van der Waals surface area contributed by atoms with Crippen molar-refractivity contribution in [2.24, 2.45) is 0 Å². The SMILES string of the molecule is COc1ccc(/C=C/C(=O)NCc2nnc(SC)n2Cc2ccccc2)cc1OC. The molecule has 30 heavy (non-hydrogen) atoms. The Bertz CT molecular complexity index is 1020. The van der Waals surface area contributed by atoms with Gasteiger partial charge >= 0.3 is 0 Å². The van der Waals surface area contributed by atoms with Crippen molar-refractivity contribution >= 4 is 23.7 Å². The van der Waals surface area contributed by atoms with Gasteiger partial charge in [0.05, 0.1) is 27.3 Å². The molecule has 7 nitrogen and oxygen atoms in total. The summed E-state index contributed by atoms with van der Waals surface area (Å²) >= 11 is 1.52. The van der Waals surface area contributed by atoms with Crippen LogP contribution in [0.4, 0.5) is 0 Å². The molecule has 2 aromatic carbocycles. The van der Waals surface area contributed by atoms with Crippen LogP contribution in [0.3, 0.4) is 0 Å². The first-order chi connectivity index (χ1) is 14.6. The lowest BCUT2D eigenvalue weighted by Crippen LogP contribution is -2.23. The summed E-state index contributed by atoms with van der Waals surface area (Å²) in [4.78, 5) is 12.3. The van der Waals surface area contributed by atoms with E-state index in [-0.39, 0.29) is 12.5 Å². The minimum atomic E-state index is -0.218. The summed E-state index contributed by atoms with van der Waals surface area (Å²) in [6.45, 7) is 0.937. The second-order valence-corrected chi connectivity index (χ2v) is 7.11. The van der Waals surface area contributed by atoms with Gasteiger partial charge in [-0.05, 0) is 35.6 Å². The van der Waals surface area contributed by atoms with E-state index in [1.807, 2.05) is 41.2 Å². The van der Waals surface area contributed by atoms with Crippen LogP contribution in [0.2, 0.25) is 0 Å². The Morgan fingerprint density at radius 1 is 1.10 bits per heavy atom. The topological polar surface area (TPSA) is 78.3 Å². The van der Waals surface area contributed by atoms with Gasteiger partial charge in [-0.15, -0.1) is 10.2 Å². The van der Waals surface area contributed by atoms with Crippen molar-refractivity contribution in [1.29, 1.82) is 0 Å². The van der Waals surface area contributed by atoms with E-state index in [9.17, 15) is 4.79 Å². The second-order valence-electron chi connectivity index (χ2n) is 6.34. The maximum absolute atomic E-state index is 12.3. The number of nitrogens with one attached hydrogen (secondary N) is 1. The van der Waals surface area contributed by atoms with Crippen LogP contribution >= 0.6 is 11.8 Å². The van der Waals surface area contributed by atoms with Gasteiger partial charge in [-0.25, -0.2) is 0 Å². The van der Waals surface area contributed by atoms with Crippen molar-refractivity contribution in [3.63, 3.8) is 0 Å². The third kappa shape index (κ3) is 5.42. The molecule has 8 heteroatoms. The summed E-state index contributed by atoms with van der Waals surface area (Å²) < 4.78 is 12.5. The number of carbonyl (C=O) groups excluding carboxylic acids is 1. The summed E-state index contributed by atoms with van der Waals surface area (Å²) in [6, 6.07) is 15.5. The zero-order chi connectivity index (χ0) is 21.3. The maximum Gasteiger partial charge on any atom is 0.244 e. The number of thioether (sulfide) groups is 1. The van der Waals surface area contributed by atoms with Gasteiger partial charge in [-0.2, -0.15) is 0 Å². The largest absolute Gasteiger partial charge is 0.493 e. The molecule has 1 N–H and O–H groups in total. The Balaban J connectivity index is 1.65. The van der Waals surface area contributed by atoms with Gasteiger partial charge < -0.3 is 19.4 Å². The Morgan fingerprint density at radius 3 is 2.57 bits per heavy atom. The Hall–Kier alpha value is -3.26. The second kappa shape index (κ2) is 10.5. The van der Waals surface area contributed by atoms with Crippen LogP contribution in [0.15, 0.2) is 59.8 Å². The number of rotatable bonds is 9. The molecule has 0 saturated carbocycles. The van der Waals surface area contributed by atoms with E-state index in [0.717, 1.165) is 16.3 Å². The van der Waals surface area contributed by atoms with Crippen molar-refractivity contribution < 1.29 is 14.3 Å². The minimum Gasteiger partial charge on any atom is -0.493 e. The van der Waals surface area contributed by atoms with Crippen molar-refractivity contribution in [3.05, 3.63) is 71.6 Å². The van der Waals surface area contributed by atoms with E-state index < -0.39 is 0 Å². The summed E-state index contributed by atoms with van der Waals surface area (Å²) in [5, 5.41) is 12.1. The van der Waals surface area contributed by atoms with Crippen molar-refractivity contribution in [1.82, 2.24) is 20.1 Å². The van der Waals surface area contributed by atoms with E-state index in [0.29, 0.717) is 23.9 Å². The monoisotopic (exact) mass is 424 g/mol. The van der Waals surface area contributed by atoms with Crippen LogP contribution in [0, 0.1) is 0 Å². The molecule has 1 aromatic heterocycles. The Labute approximate surface area is 180 Å². The van der Waals surface area contributed by atoms with Gasteiger partial charge in [0.15, 0.2) is 22.5 Å². The molecule has 0 unspecified atom stereocenters. The molecule has 156 valence electrons. The van der Waals surface area contributed by atoms with Gasteiger partial charge in [0.1, 0.15) is 0 Å². The fourth-order valence-corrected chi connectivity index (χ4v) is 3.39. The van der Waals surface area contributed by atoms with Gasteiger partial charge in [0.25, 0.3) is 0 Å². The number of methoxy groups -OCH3 is 2. The number of ether oxygens (including phenoxy) is 2. The Kier molecular flexibility index (Phi) is 7.51. The highest BCUT2D eigenvalue weighted by molar-refractivity contribution is 7.98. The van der Waals surface area contributed by atoms with Crippen LogP contribution in [-0.2, 0) is 17.9 Å². The van der Waals surface area contributed by atoms with E-state index in [4.69, 9.17) is 9.47 Å². The number of amides is 1. The number of hydrogen-bond donors (Lipinski definition) is 1. The molecule has 3 aromatic rings. The summed E-state index contributed by atoms with van der Waals surface area (Å²) in [5.41, 5.74) is 1.98. The molecule has 0 fully saturated rings. The standard InChI is InChI=1S/C22H24N4O3S/c1-28-18-11-9-16(13-19(18)29-2)10-12-21(27)23-14-20-24-25-22(30-3)26(20)15-17-7-5-4-6-8-17/h4-13H,14-15H2,1-3H3,(H,23,27)/b12-10+. The molecule has 0 atom stereocenters. The number of carbonyl (C=O) groups is 1. The molecule has 1 heterocycles. The average molecular weight is 425 g/mol. The zero-order valence-electron chi connectivity index (χ0n) is 17.2. The first-order valence-electron chi connectivity index (χ1n) is 9.32. The van der Waals surface area contributed by atoms with Crippen LogP contribution in [0.1, 0.15) is 17.0 Å². The predicted octanol–water partition coefficient (Wildman–Crippen LogP) is 3.40. The molecule has 0 aliphatic heterocycles. The van der Waals surface area contributed by atoms with Gasteiger partial charge in [0.2, 0.25) is 5.91 Å². The molecular formula is C22H24N4O3S. The first kappa shape index (κ1) is 21.4. The lowest BCUT2D eigenvalue weighted by molar-refractivity contribution is -0.116. The molecule has 1 amide bonds. The maximum atomic E-state index is 12.3. The molecule has 3 rings (SSSR count). The van der Waals surface area contributed by atoms with Crippen LogP contribution in [-0.4, -0.2) is 41.1 Å². The number of aromatic nitrogens is 3. The molecule has 0 aliphatic carbocycles. The van der Waals surface area contributed by atoms with E-state index in [2.05, 4.69) is 27.6 Å². The smallest absolute Gasteiger partial charge is 0.244 e. The van der Waals surface area contributed by atoms with Crippen LogP contribution < -0.4 is 14.8 Å². The van der Waals surface area contributed by atoms with Gasteiger partial charge in [0, 0.05) is 6.08 Å². The van der Waals surface area contributed by atoms with E-state index >= 15 is 0 Å². The van der Waals surface area contributed by atoms with E-state index in [1.165, 1.54) is 17.8 Å². The minimum absolute atomic E-state index is 0.218. The first-order valence-corrected chi connectivity index (χ1v) is 10.5. The lowest BCUT2D eigenvalue weighted by atomic mass is 10.2. The van der Waals surface area contributed by atoms with Crippen molar-refractivity contribution in [2.75, 3.05) is 20.5 Å². The zero-order valence-corrected chi connectivity index (χ0v) is 18.0. The highest BCUT2D eigenvalue weighted by Gasteiger charge is 2.12. The van der Waals surface area contributed by atoms with Gasteiger partial charge in [-0.3, -0.25) is 4.79 Å². The summed E-state index contributed by atoms with van der Waals surface area (Å²) in [6.07, 6.45) is 5.16. The van der Waals surface area contributed by atoms with Gasteiger partial charge in [-0.1, -0.05) is 48.2 Å². The lowest BCUT2D eigenvalue weighted by Gasteiger charge is -2.10. The molecule has 0 saturated heterocycles. The van der Waals surface area contributed by atoms with E-state index in [1.54, 1.807) is 26.4 Å². The Morgan fingerprint density at radius 2 is 1.87 bits per heavy atom. The summed E-state index contributed by atoms with van der Waals surface area (Å²) in [5.74, 6) is 1.74. The number of benzene rings is 2. The fourth-order valence-electron chi connectivity index (χ4n) is 2.88. The molecule has 0 aliphatic rings. The third-order valence-electron chi connectivity index (χ3n) is 4.42. The van der Waals surface area contributed by atoms with Crippen LogP contribution in [0.25, 0.3) is 6.08 Å². The quantitative estimate of drug-likeness (QED) is 0.419. The van der Waals surface area contributed by atoms with Crippen molar-refractivity contribution in [3.8, 4) is 11.5 Å². The predicted molar refractivity (Wildman–Crippen MR) is 118 cm³/mol. The highest BCUT2D eigenvalue weighted by atomic mass is 32.2. The molecule has 0 spiro atoms. The fraction of sp³-hybridized carbons (Fsp3) is 0.227. The highest BCUT2D eigenvalue weighted by Crippen LogP contribution is 2.27. The molecule has 0 radical (unpaired) electrons. The number of nitrogens with zero attached hydrogens (tertiary/aromatic N) is 3. The normalized spacial score (nSPS) is 10.9. The summed E-state index contributed by atoms with van der Waals surface area (Å²) in [7, 11) is 3.16. The van der Waals surface area contributed by atoms with Crippen molar-refractivity contribution in [2.45, 2.75) is 18.2 Å². The number of hydrogen-bond acceptors (Lipinski definition) is 6.